The first-order valence-electron chi connectivity index (χ1n) is 12.4. The number of benzene rings is 3. The zero-order valence-electron chi connectivity index (χ0n) is 22.4. The Labute approximate surface area is 228 Å². The lowest BCUT2D eigenvalue weighted by Crippen LogP contribution is -2.38. The van der Waals surface area contributed by atoms with Gasteiger partial charge in [0.2, 0.25) is 5.91 Å². The van der Waals surface area contributed by atoms with E-state index in [1.54, 1.807) is 19.1 Å². The summed E-state index contributed by atoms with van der Waals surface area (Å²) in [7, 11) is 3.95. The van der Waals surface area contributed by atoms with Crippen LogP contribution < -0.4 is 21.0 Å². The quantitative estimate of drug-likeness (QED) is 0.126. The lowest BCUT2D eigenvalue weighted by atomic mass is 10.1. The van der Waals surface area contributed by atoms with E-state index in [2.05, 4.69) is 27.5 Å². The van der Waals surface area contributed by atoms with E-state index in [1.165, 1.54) is 12.4 Å². The molecule has 39 heavy (non-hydrogen) atoms. The predicted octanol–water partition coefficient (Wildman–Crippen LogP) is 3.27. The Morgan fingerprint density at radius 1 is 0.897 bits per heavy atom. The molecule has 0 fully saturated rings. The first kappa shape index (κ1) is 28.9. The number of amides is 2. The van der Waals surface area contributed by atoms with Crippen LogP contribution in [0.4, 0.5) is 17.1 Å². The molecule has 0 aliphatic rings. The monoisotopic (exact) mass is 527 g/mol. The minimum absolute atomic E-state index is 0.150. The molecule has 0 bridgehead atoms. The van der Waals surface area contributed by atoms with Crippen LogP contribution in [0.2, 0.25) is 0 Å². The molecule has 0 heterocycles. The van der Waals surface area contributed by atoms with Crippen LogP contribution in [0, 0.1) is 11.8 Å². The van der Waals surface area contributed by atoms with E-state index in [4.69, 9.17) is 5.21 Å². The molecule has 2 atom stereocenters. The average molecular weight is 528 g/mol. The Bertz CT molecular complexity index is 1350. The standard InChI is InChI=1S/C30H33N5O4/c1-20(32-29(21(2)36)30(38)34-39)24-11-7-22(8-12-24)5-6-23-9-13-26(14-10-23)33-28(37)19-31-25-15-17-27(18-16-25)35(3)4/h7-18,21,29,31,36,39H,19H2,1-4H3,(H,33,37)(H,34,38)/t21-,29+/m1/s1. The highest BCUT2D eigenvalue weighted by atomic mass is 16.5. The van der Waals surface area contributed by atoms with Gasteiger partial charge in [-0.1, -0.05) is 24.0 Å². The highest BCUT2D eigenvalue weighted by Crippen LogP contribution is 2.16. The van der Waals surface area contributed by atoms with Crippen molar-refractivity contribution >= 4 is 34.6 Å². The smallest absolute Gasteiger partial charge is 0.270 e. The molecule has 2 amide bonds. The van der Waals surface area contributed by atoms with Crippen molar-refractivity contribution in [3.8, 4) is 11.8 Å². The second-order valence-electron chi connectivity index (χ2n) is 9.12. The third kappa shape index (κ3) is 8.71. The first-order chi connectivity index (χ1) is 18.7. The first-order valence-corrected chi connectivity index (χ1v) is 12.4. The summed E-state index contributed by atoms with van der Waals surface area (Å²) >= 11 is 0. The number of aliphatic hydroxyl groups is 1. The van der Waals surface area contributed by atoms with Crippen molar-refractivity contribution in [3.05, 3.63) is 89.5 Å². The summed E-state index contributed by atoms with van der Waals surface area (Å²) in [5, 5.41) is 24.6. The number of hydrogen-bond acceptors (Lipinski definition) is 7. The number of nitrogens with zero attached hydrogens (tertiary/aromatic N) is 2. The van der Waals surface area contributed by atoms with E-state index in [1.807, 2.05) is 79.7 Å². The van der Waals surface area contributed by atoms with E-state index < -0.39 is 18.1 Å². The molecule has 0 aliphatic heterocycles. The molecule has 0 unspecified atom stereocenters. The van der Waals surface area contributed by atoms with Gasteiger partial charge >= 0.3 is 0 Å². The molecule has 0 radical (unpaired) electrons. The number of aliphatic hydroxyl groups excluding tert-OH is 1. The van der Waals surface area contributed by atoms with Gasteiger partial charge in [0.1, 0.15) is 0 Å². The van der Waals surface area contributed by atoms with Crippen LogP contribution in [-0.2, 0) is 9.59 Å². The lowest BCUT2D eigenvalue weighted by Gasteiger charge is -2.14. The molecular formula is C30H33N5O4. The molecule has 3 aromatic carbocycles. The highest BCUT2D eigenvalue weighted by molar-refractivity contribution is 6.00. The van der Waals surface area contributed by atoms with Gasteiger partial charge in [-0.15, -0.1) is 0 Å². The summed E-state index contributed by atoms with van der Waals surface area (Å²) in [5.41, 5.74) is 7.04. The van der Waals surface area contributed by atoms with Crippen LogP contribution in [0.3, 0.4) is 0 Å². The van der Waals surface area contributed by atoms with E-state index in [-0.39, 0.29) is 12.5 Å². The van der Waals surface area contributed by atoms with Crippen molar-refractivity contribution in [3.63, 3.8) is 0 Å². The van der Waals surface area contributed by atoms with Gasteiger partial charge in [-0.3, -0.25) is 19.8 Å². The van der Waals surface area contributed by atoms with Crippen molar-refractivity contribution in [1.82, 2.24) is 5.48 Å². The van der Waals surface area contributed by atoms with Crippen LogP contribution in [0.15, 0.2) is 77.8 Å². The SMILES string of the molecule is CC(=N[C@H](C(=O)NO)[C@@H](C)O)c1ccc(C#Cc2ccc(NC(=O)CNc3ccc(N(C)C)cc3)cc2)cc1. The third-order valence-electron chi connectivity index (χ3n) is 5.83. The van der Waals surface area contributed by atoms with Crippen LogP contribution in [0.5, 0.6) is 0 Å². The van der Waals surface area contributed by atoms with Gasteiger partial charge in [-0.25, -0.2) is 5.48 Å². The Balaban J connectivity index is 1.55. The fourth-order valence-corrected chi connectivity index (χ4v) is 3.58. The molecule has 0 spiro atoms. The van der Waals surface area contributed by atoms with Crippen LogP contribution in [0.1, 0.15) is 30.5 Å². The topological polar surface area (TPSA) is 126 Å². The average Bonchev–Trinajstić information content (AvgIpc) is 2.94. The van der Waals surface area contributed by atoms with Gasteiger partial charge in [0.15, 0.2) is 6.04 Å². The minimum atomic E-state index is -1.11. The summed E-state index contributed by atoms with van der Waals surface area (Å²) in [6, 6.07) is 21.3. The number of carbonyl (C=O) groups excluding carboxylic acids is 2. The summed E-state index contributed by atoms with van der Waals surface area (Å²) in [6.07, 6.45) is -1.06. The summed E-state index contributed by atoms with van der Waals surface area (Å²) in [4.78, 5) is 30.3. The zero-order chi connectivity index (χ0) is 28.4. The number of carbonyl (C=O) groups is 2. The van der Waals surface area contributed by atoms with E-state index in [9.17, 15) is 14.7 Å². The van der Waals surface area contributed by atoms with E-state index >= 15 is 0 Å². The van der Waals surface area contributed by atoms with Crippen LogP contribution in [-0.4, -0.2) is 60.6 Å². The van der Waals surface area contributed by atoms with Gasteiger partial charge in [-0.05, 0) is 80.1 Å². The number of anilines is 3. The number of nitrogens with one attached hydrogen (secondary N) is 3. The lowest BCUT2D eigenvalue weighted by molar-refractivity contribution is -0.132. The summed E-state index contributed by atoms with van der Waals surface area (Å²) in [5.74, 6) is 5.26. The fourth-order valence-electron chi connectivity index (χ4n) is 3.58. The molecule has 3 rings (SSSR count). The predicted molar refractivity (Wildman–Crippen MR) is 154 cm³/mol. The molecule has 0 aromatic heterocycles. The normalized spacial score (nSPS) is 12.4. The van der Waals surface area contributed by atoms with Crippen molar-refractivity contribution in [2.24, 2.45) is 4.99 Å². The molecule has 0 saturated heterocycles. The maximum atomic E-state index is 12.3. The van der Waals surface area contributed by atoms with Gasteiger partial charge in [0, 0.05) is 48.0 Å². The van der Waals surface area contributed by atoms with Gasteiger partial charge in [-0.2, -0.15) is 0 Å². The minimum Gasteiger partial charge on any atom is -0.391 e. The van der Waals surface area contributed by atoms with Crippen LogP contribution in [0.25, 0.3) is 0 Å². The number of hydroxylamine groups is 1. The molecule has 9 heteroatoms. The molecule has 9 nitrogen and oxygen atoms in total. The Morgan fingerprint density at radius 2 is 1.44 bits per heavy atom. The van der Waals surface area contributed by atoms with Crippen LogP contribution >= 0.6 is 0 Å². The fraction of sp³-hybridized carbons (Fsp3) is 0.233. The van der Waals surface area contributed by atoms with Crippen molar-refractivity contribution in [1.29, 1.82) is 0 Å². The molecule has 0 saturated carbocycles. The third-order valence-corrected chi connectivity index (χ3v) is 5.83. The Morgan fingerprint density at radius 3 is 1.95 bits per heavy atom. The molecule has 202 valence electrons. The Kier molecular flexibility index (Phi) is 10.2. The second kappa shape index (κ2) is 13.8. The number of aliphatic imine (C=N–C) groups is 1. The van der Waals surface area contributed by atoms with E-state index in [0.717, 1.165) is 28.1 Å². The van der Waals surface area contributed by atoms with Gasteiger partial charge in [0.05, 0.1) is 12.6 Å². The number of hydrogen-bond donors (Lipinski definition) is 5. The molecular weight excluding hydrogens is 494 g/mol. The van der Waals surface area contributed by atoms with Crippen molar-refractivity contribution < 1.29 is 19.9 Å². The molecule has 3 aromatic rings. The summed E-state index contributed by atoms with van der Waals surface area (Å²) in [6.45, 7) is 3.30. The maximum Gasteiger partial charge on any atom is 0.270 e. The van der Waals surface area contributed by atoms with E-state index in [0.29, 0.717) is 11.4 Å². The largest absolute Gasteiger partial charge is 0.391 e. The maximum absolute atomic E-state index is 12.3. The van der Waals surface area contributed by atoms with Gasteiger partial charge in [0.25, 0.3) is 5.91 Å². The van der Waals surface area contributed by atoms with Crippen molar-refractivity contribution in [2.75, 3.05) is 36.2 Å². The molecule has 5 N–H and O–H groups in total. The van der Waals surface area contributed by atoms with Gasteiger partial charge < -0.3 is 20.6 Å². The highest BCUT2D eigenvalue weighted by Gasteiger charge is 2.22. The second-order valence-corrected chi connectivity index (χ2v) is 9.12. The van der Waals surface area contributed by atoms with Crippen molar-refractivity contribution in [2.45, 2.75) is 26.0 Å². The summed E-state index contributed by atoms with van der Waals surface area (Å²) < 4.78 is 0. The number of rotatable bonds is 9. The molecule has 0 aliphatic carbocycles. The Hall–Kier alpha value is -4.65. The zero-order valence-corrected chi connectivity index (χ0v) is 22.4.